The van der Waals surface area contributed by atoms with Gasteiger partial charge in [0.05, 0.1) is 16.6 Å². The highest BCUT2D eigenvalue weighted by atomic mass is 35.5. The number of carboxylic acids is 1. The summed E-state index contributed by atoms with van der Waals surface area (Å²) in [5.41, 5.74) is 0.204. The third-order valence-electron chi connectivity index (χ3n) is 2.55. The van der Waals surface area contributed by atoms with Crippen LogP contribution in [0.4, 0.5) is 10.5 Å². The molecule has 0 fully saturated rings. The van der Waals surface area contributed by atoms with Crippen LogP contribution in [0.2, 0.25) is 5.02 Å². The number of carbonyl (C=O) groups excluding carboxylic acids is 1. The third-order valence-corrected chi connectivity index (χ3v) is 2.88. The normalized spacial score (nSPS) is 11.7. The summed E-state index contributed by atoms with van der Waals surface area (Å²) in [7, 11) is 0. The van der Waals surface area contributed by atoms with Crippen molar-refractivity contribution in [2.24, 2.45) is 0 Å². The first kappa shape index (κ1) is 14.7. The minimum atomic E-state index is -1.18. The Hall–Kier alpha value is -2.68. The molecule has 2 rings (SSSR count). The molecule has 1 aromatic carbocycles. The van der Waals surface area contributed by atoms with Gasteiger partial charge in [-0.1, -0.05) is 16.8 Å². The van der Waals surface area contributed by atoms with Gasteiger partial charge in [0, 0.05) is 5.69 Å². The van der Waals surface area contributed by atoms with Crippen molar-refractivity contribution in [2.45, 2.75) is 13.0 Å². The number of rotatable bonds is 4. The summed E-state index contributed by atoms with van der Waals surface area (Å²) in [5, 5.41) is 27.3. The van der Waals surface area contributed by atoms with E-state index in [-0.39, 0.29) is 10.6 Å². The molecule has 4 N–H and O–H groups in total. The van der Waals surface area contributed by atoms with Crippen LogP contribution in [0.1, 0.15) is 29.1 Å². The lowest BCUT2D eigenvalue weighted by atomic mass is 10.2. The summed E-state index contributed by atoms with van der Waals surface area (Å²) < 4.78 is 0. The van der Waals surface area contributed by atoms with Crippen LogP contribution in [-0.4, -0.2) is 37.7 Å². The smallest absolute Gasteiger partial charge is 0.337 e. The highest BCUT2D eigenvalue weighted by Gasteiger charge is 2.14. The third kappa shape index (κ3) is 3.66. The maximum absolute atomic E-state index is 11.8. The van der Waals surface area contributed by atoms with E-state index in [2.05, 4.69) is 31.3 Å². The zero-order chi connectivity index (χ0) is 15.4. The van der Waals surface area contributed by atoms with E-state index in [0.29, 0.717) is 11.5 Å². The van der Waals surface area contributed by atoms with E-state index in [1.54, 1.807) is 6.92 Å². The first-order valence-corrected chi connectivity index (χ1v) is 6.19. The molecule has 2 aromatic rings. The number of halogens is 1. The number of hydrogen-bond donors (Lipinski definition) is 4. The molecule has 1 aromatic heterocycles. The molecule has 0 aliphatic carbocycles. The number of anilines is 1. The molecule has 1 heterocycles. The van der Waals surface area contributed by atoms with Gasteiger partial charge in [0.1, 0.15) is 0 Å². The fourth-order valence-electron chi connectivity index (χ4n) is 1.55. The molecule has 1 atom stereocenters. The fourth-order valence-corrected chi connectivity index (χ4v) is 1.75. The lowest BCUT2D eigenvalue weighted by molar-refractivity contribution is 0.0697. The second kappa shape index (κ2) is 6.18. The van der Waals surface area contributed by atoms with Gasteiger partial charge >= 0.3 is 12.0 Å². The monoisotopic (exact) mass is 310 g/mol. The zero-order valence-electron chi connectivity index (χ0n) is 10.8. The number of nitrogens with zero attached hydrogens (tertiary/aromatic N) is 3. The average Bonchev–Trinajstić information content (AvgIpc) is 2.94. The number of amides is 2. The van der Waals surface area contributed by atoms with Gasteiger partial charge < -0.3 is 15.7 Å². The molecule has 0 bridgehead atoms. The van der Waals surface area contributed by atoms with Crippen molar-refractivity contribution in [2.75, 3.05) is 5.32 Å². The Bertz CT molecular complexity index is 660. The second-order valence-electron chi connectivity index (χ2n) is 4.09. The molecule has 0 aliphatic heterocycles. The number of hydrogen-bond acceptors (Lipinski definition) is 5. The van der Waals surface area contributed by atoms with Gasteiger partial charge in [0.25, 0.3) is 0 Å². The van der Waals surface area contributed by atoms with E-state index >= 15 is 0 Å². The van der Waals surface area contributed by atoms with Crippen molar-refractivity contribution >= 4 is 29.3 Å². The van der Waals surface area contributed by atoms with Gasteiger partial charge in [-0.05, 0) is 25.1 Å². The average molecular weight is 311 g/mol. The Morgan fingerprint density at radius 2 is 2.19 bits per heavy atom. The first-order chi connectivity index (χ1) is 9.97. The standard InChI is InChI=1S/C11H11ClN6O3/c1-5(9-15-17-18-16-9)13-11(21)14-6-2-3-8(12)7(4-6)10(19)20/h2-5H,1H3,(H,19,20)(H2,13,14,21)(H,15,16,17,18). The number of H-pyrrole nitrogens is 1. The molecule has 0 spiro atoms. The predicted molar refractivity (Wildman–Crippen MR) is 73.2 cm³/mol. The van der Waals surface area contributed by atoms with Gasteiger partial charge in [0.15, 0.2) is 5.82 Å². The van der Waals surface area contributed by atoms with Crippen LogP contribution in [0.25, 0.3) is 0 Å². The second-order valence-corrected chi connectivity index (χ2v) is 4.50. The van der Waals surface area contributed by atoms with Crippen LogP contribution in [0.3, 0.4) is 0 Å². The van der Waals surface area contributed by atoms with Crippen molar-refractivity contribution < 1.29 is 14.7 Å². The zero-order valence-corrected chi connectivity index (χ0v) is 11.5. The Morgan fingerprint density at radius 1 is 1.43 bits per heavy atom. The summed E-state index contributed by atoms with van der Waals surface area (Å²) in [4.78, 5) is 22.7. The SMILES string of the molecule is CC(NC(=O)Nc1ccc(Cl)c(C(=O)O)c1)c1nn[nH]n1. The molecule has 9 nitrogen and oxygen atoms in total. The molecule has 1 unspecified atom stereocenters. The van der Waals surface area contributed by atoms with Crippen molar-refractivity contribution in [3.63, 3.8) is 0 Å². The van der Waals surface area contributed by atoms with E-state index in [4.69, 9.17) is 16.7 Å². The van der Waals surface area contributed by atoms with Crippen LogP contribution >= 0.6 is 11.6 Å². The number of benzene rings is 1. The van der Waals surface area contributed by atoms with E-state index in [1.165, 1.54) is 18.2 Å². The number of nitrogens with one attached hydrogen (secondary N) is 3. The highest BCUT2D eigenvalue weighted by Crippen LogP contribution is 2.20. The van der Waals surface area contributed by atoms with E-state index < -0.39 is 18.0 Å². The minimum Gasteiger partial charge on any atom is -0.478 e. The number of tetrazole rings is 1. The van der Waals surface area contributed by atoms with Gasteiger partial charge in [-0.15, -0.1) is 10.2 Å². The van der Waals surface area contributed by atoms with Crippen molar-refractivity contribution in [3.8, 4) is 0 Å². The molecule has 0 radical (unpaired) electrons. The van der Waals surface area contributed by atoms with Crippen molar-refractivity contribution in [1.29, 1.82) is 0 Å². The van der Waals surface area contributed by atoms with Crippen LogP contribution in [0, 0.1) is 0 Å². The molecular formula is C11H11ClN6O3. The molecular weight excluding hydrogens is 300 g/mol. The number of aromatic amines is 1. The summed E-state index contributed by atoms with van der Waals surface area (Å²) >= 11 is 5.74. The largest absolute Gasteiger partial charge is 0.478 e. The van der Waals surface area contributed by atoms with Gasteiger partial charge in [-0.25, -0.2) is 9.59 Å². The van der Waals surface area contributed by atoms with E-state index in [9.17, 15) is 9.59 Å². The number of carboxylic acid groups (broad SMARTS) is 1. The summed E-state index contributed by atoms with van der Waals surface area (Å²) in [5.74, 6) is -0.850. The molecule has 21 heavy (non-hydrogen) atoms. The van der Waals surface area contributed by atoms with Gasteiger partial charge in [-0.3, -0.25) is 0 Å². The Labute approximate surface area is 123 Å². The maximum Gasteiger partial charge on any atom is 0.337 e. The van der Waals surface area contributed by atoms with Crippen LogP contribution < -0.4 is 10.6 Å². The fraction of sp³-hybridized carbons (Fsp3) is 0.182. The molecule has 110 valence electrons. The first-order valence-electron chi connectivity index (χ1n) is 5.81. The van der Waals surface area contributed by atoms with E-state index in [1.807, 2.05) is 0 Å². The van der Waals surface area contributed by atoms with Crippen LogP contribution in [0.5, 0.6) is 0 Å². The molecule has 2 amide bonds. The quantitative estimate of drug-likeness (QED) is 0.675. The number of urea groups is 1. The maximum atomic E-state index is 11.8. The Kier molecular flexibility index (Phi) is 4.33. The molecule has 0 saturated heterocycles. The van der Waals surface area contributed by atoms with Crippen LogP contribution in [-0.2, 0) is 0 Å². The molecule has 0 saturated carbocycles. The molecule has 10 heteroatoms. The van der Waals surface area contributed by atoms with E-state index in [0.717, 1.165) is 0 Å². The number of aromatic carboxylic acids is 1. The lowest BCUT2D eigenvalue weighted by Gasteiger charge is -2.12. The van der Waals surface area contributed by atoms with Gasteiger partial charge in [-0.2, -0.15) is 5.21 Å². The van der Waals surface area contributed by atoms with Crippen molar-refractivity contribution in [1.82, 2.24) is 25.9 Å². The van der Waals surface area contributed by atoms with Crippen molar-refractivity contribution in [3.05, 3.63) is 34.6 Å². The Balaban J connectivity index is 2.03. The summed E-state index contributed by atoms with van der Waals surface area (Å²) in [6, 6.07) is 3.15. The highest BCUT2D eigenvalue weighted by molar-refractivity contribution is 6.33. The lowest BCUT2D eigenvalue weighted by Crippen LogP contribution is -2.31. The number of carbonyl (C=O) groups is 2. The topological polar surface area (TPSA) is 133 Å². The van der Waals surface area contributed by atoms with Gasteiger partial charge in [0.2, 0.25) is 0 Å². The van der Waals surface area contributed by atoms with Crippen LogP contribution in [0.15, 0.2) is 18.2 Å². The summed E-state index contributed by atoms with van der Waals surface area (Å²) in [6.45, 7) is 1.68. The Morgan fingerprint density at radius 3 is 2.81 bits per heavy atom. The molecule has 0 aliphatic rings. The minimum absolute atomic E-state index is 0.0913. The number of aromatic nitrogens is 4. The predicted octanol–water partition coefficient (Wildman–Crippen LogP) is 1.43. The summed E-state index contributed by atoms with van der Waals surface area (Å²) in [6.07, 6.45) is 0.